The summed E-state index contributed by atoms with van der Waals surface area (Å²) in [7, 11) is 1.48. The number of rotatable bonds is 6. The van der Waals surface area contributed by atoms with Crippen molar-refractivity contribution >= 4 is 35.0 Å². The first-order valence-electron chi connectivity index (χ1n) is 7.52. The largest absolute Gasteiger partial charge is 0.459 e. The highest BCUT2D eigenvalue weighted by molar-refractivity contribution is 6.33. The molecule has 0 aliphatic rings. The molecule has 0 spiro atoms. The van der Waals surface area contributed by atoms with Crippen molar-refractivity contribution < 1.29 is 18.8 Å². The summed E-state index contributed by atoms with van der Waals surface area (Å²) in [5.74, 6) is -1.19. The van der Waals surface area contributed by atoms with Gasteiger partial charge in [-0.25, -0.2) is 0 Å². The van der Waals surface area contributed by atoms with Crippen LogP contribution in [0.15, 0.2) is 47.1 Å². The molecule has 0 bridgehead atoms. The van der Waals surface area contributed by atoms with Crippen LogP contribution in [0.3, 0.4) is 0 Å². The topological polar surface area (TPSA) is 91.7 Å². The molecule has 1 unspecified atom stereocenters. The number of likely N-dealkylation sites (N-methyl/N-ethyl adjacent to an activating group) is 1. The van der Waals surface area contributed by atoms with Gasteiger partial charge in [0, 0.05) is 7.05 Å². The molecule has 0 aliphatic carbocycles. The third-order valence-electron chi connectivity index (χ3n) is 3.37. The SMILES string of the molecule is CC(NC(=O)c1ccco1)C(=O)N(C)CC(=O)Nc1ccccc1Cl. The molecule has 7 nitrogen and oxygen atoms in total. The average molecular weight is 364 g/mol. The lowest BCUT2D eigenvalue weighted by atomic mass is 10.2. The quantitative estimate of drug-likeness (QED) is 0.822. The number of para-hydroxylation sites is 1. The predicted octanol–water partition coefficient (Wildman–Crippen LogP) is 2.15. The molecule has 1 aromatic heterocycles. The Morgan fingerprint density at radius 3 is 2.56 bits per heavy atom. The Bertz CT molecular complexity index is 761. The van der Waals surface area contributed by atoms with Crippen molar-refractivity contribution in [2.45, 2.75) is 13.0 Å². The van der Waals surface area contributed by atoms with Crippen molar-refractivity contribution in [3.63, 3.8) is 0 Å². The van der Waals surface area contributed by atoms with Crippen LogP contribution < -0.4 is 10.6 Å². The van der Waals surface area contributed by atoms with E-state index in [1.807, 2.05) is 0 Å². The number of benzene rings is 1. The normalized spacial score (nSPS) is 11.5. The van der Waals surface area contributed by atoms with E-state index < -0.39 is 23.8 Å². The van der Waals surface area contributed by atoms with Crippen molar-refractivity contribution in [1.82, 2.24) is 10.2 Å². The van der Waals surface area contributed by atoms with Gasteiger partial charge in [0.15, 0.2) is 5.76 Å². The molecule has 25 heavy (non-hydrogen) atoms. The van der Waals surface area contributed by atoms with Crippen LogP contribution in [-0.2, 0) is 9.59 Å². The Morgan fingerprint density at radius 2 is 1.92 bits per heavy atom. The molecule has 2 aromatic rings. The number of nitrogens with one attached hydrogen (secondary N) is 2. The number of hydrogen-bond acceptors (Lipinski definition) is 4. The zero-order valence-corrected chi connectivity index (χ0v) is 14.5. The highest BCUT2D eigenvalue weighted by Crippen LogP contribution is 2.20. The third-order valence-corrected chi connectivity index (χ3v) is 3.70. The minimum Gasteiger partial charge on any atom is -0.459 e. The lowest BCUT2D eigenvalue weighted by Gasteiger charge is -2.21. The van der Waals surface area contributed by atoms with Crippen molar-refractivity contribution in [1.29, 1.82) is 0 Å². The number of carbonyl (C=O) groups is 3. The van der Waals surface area contributed by atoms with Crippen molar-refractivity contribution in [3.05, 3.63) is 53.4 Å². The van der Waals surface area contributed by atoms with Gasteiger partial charge in [0.2, 0.25) is 11.8 Å². The van der Waals surface area contributed by atoms with Crippen LogP contribution in [0.5, 0.6) is 0 Å². The highest BCUT2D eigenvalue weighted by atomic mass is 35.5. The van der Waals surface area contributed by atoms with Gasteiger partial charge in [-0.05, 0) is 31.2 Å². The molecule has 1 atom stereocenters. The van der Waals surface area contributed by atoms with E-state index in [9.17, 15) is 14.4 Å². The van der Waals surface area contributed by atoms with Gasteiger partial charge in [0.1, 0.15) is 6.04 Å². The van der Waals surface area contributed by atoms with E-state index in [1.165, 1.54) is 31.2 Å². The molecule has 1 aromatic carbocycles. The van der Waals surface area contributed by atoms with Gasteiger partial charge in [-0.3, -0.25) is 14.4 Å². The molecule has 0 fully saturated rings. The Balaban J connectivity index is 1.87. The molecule has 2 rings (SSSR count). The van der Waals surface area contributed by atoms with E-state index in [0.717, 1.165) is 0 Å². The van der Waals surface area contributed by atoms with Crippen LogP contribution >= 0.6 is 11.6 Å². The highest BCUT2D eigenvalue weighted by Gasteiger charge is 2.22. The Kier molecular flexibility index (Phi) is 6.19. The first-order chi connectivity index (χ1) is 11.9. The lowest BCUT2D eigenvalue weighted by Crippen LogP contribution is -2.47. The fraction of sp³-hybridized carbons (Fsp3) is 0.235. The van der Waals surface area contributed by atoms with Gasteiger partial charge in [0.05, 0.1) is 23.5 Å². The van der Waals surface area contributed by atoms with Crippen molar-refractivity contribution in [3.8, 4) is 0 Å². The van der Waals surface area contributed by atoms with Crippen LogP contribution in [0.1, 0.15) is 17.5 Å². The number of anilines is 1. The second-order valence-electron chi connectivity index (χ2n) is 5.39. The van der Waals surface area contributed by atoms with Crippen LogP contribution in [0.25, 0.3) is 0 Å². The smallest absolute Gasteiger partial charge is 0.287 e. The van der Waals surface area contributed by atoms with E-state index >= 15 is 0 Å². The van der Waals surface area contributed by atoms with Crippen molar-refractivity contribution in [2.75, 3.05) is 18.9 Å². The number of amides is 3. The Hall–Kier alpha value is -2.80. The van der Waals surface area contributed by atoms with Gasteiger partial charge < -0.3 is 20.0 Å². The molecule has 0 saturated carbocycles. The summed E-state index contributed by atoms with van der Waals surface area (Å²) >= 11 is 5.97. The van der Waals surface area contributed by atoms with Crippen LogP contribution in [-0.4, -0.2) is 42.3 Å². The maximum absolute atomic E-state index is 12.3. The Morgan fingerprint density at radius 1 is 1.20 bits per heavy atom. The first kappa shape index (κ1) is 18.5. The predicted molar refractivity (Wildman–Crippen MR) is 93.4 cm³/mol. The monoisotopic (exact) mass is 363 g/mol. The summed E-state index contributed by atoms with van der Waals surface area (Å²) in [6.45, 7) is 1.36. The lowest BCUT2D eigenvalue weighted by molar-refractivity contribution is -0.134. The van der Waals surface area contributed by atoms with E-state index in [2.05, 4.69) is 10.6 Å². The molecule has 3 amide bonds. The minimum atomic E-state index is -0.810. The third kappa shape index (κ3) is 5.09. The summed E-state index contributed by atoms with van der Waals surface area (Å²) in [5.41, 5.74) is 0.467. The molecule has 1 heterocycles. The van der Waals surface area contributed by atoms with E-state index in [1.54, 1.807) is 30.3 Å². The number of carbonyl (C=O) groups excluding carboxylic acids is 3. The average Bonchev–Trinajstić information content (AvgIpc) is 3.10. The van der Waals surface area contributed by atoms with Crippen LogP contribution in [0, 0.1) is 0 Å². The zero-order valence-electron chi connectivity index (χ0n) is 13.8. The summed E-state index contributed by atoms with van der Waals surface area (Å²) in [6.07, 6.45) is 1.37. The summed E-state index contributed by atoms with van der Waals surface area (Å²) in [6, 6.07) is 9.06. The molecular weight excluding hydrogens is 346 g/mol. The fourth-order valence-corrected chi connectivity index (χ4v) is 2.30. The molecule has 0 saturated heterocycles. The molecule has 0 aliphatic heterocycles. The molecule has 0 radical (unpaired) electrons. The van der Waals surface area contributed by atoms with Gasteiger partial charge in [-0.2, -0.15) is 0 Å². The van der Waals surface area contributed by atoms with E-state index in [-0.39, 0.29) is 12.3 Å². The maximum Gasteiger partial charge on any atom is 0.287 e. The molecular formula is C17H18ClN3O4. The zero-order chi connectivity index (χ0) is 18.4. The van der Waals surface area contributed by atoms with Gasteiger partial charge >= 0.3 is 0 Å². The standard InChI is InChI=1S/C17H18ClN3O4/c1-11(19-16(23)14-8-5-9-25-14)17(24)21(2)10-15(22)20-13-7-4-3-6-12(13)18/h3-9,11H,10H2,1-2H3,(H,19,23)(H,20,22). The maximum atomic E-state index is 12.3. The van der Waals surface area contributed by atoms with E-state index in [4.69, 9.17) is 16.0 Å². The van der Waals surface area contributed by atoms with Crippen molar-refractivity contribution in [2.24, 2.45) is 0 Å². The number of nitrogens with zero attached hydrogens (tertiary/aromatic N) is 1. The van der Waals surface area contributed by atoms with E-state index in [0.29, 0.717) is 10.7 Å². The Labute approximate surface area is 149 Å². The first-order valence-corrected chi connectivity index (χ1v) is 7.90. The van der Waals surface area contributed by atoms with Gasteiger partial charge in [0.25, 0.3) is 5.91 Å². The molecule has 132 valence electrons. The minimum absolute atomic E-state index is 0.110. The summed E-state index contributed by atoms with van der Waals surface area (Å²) < 4.78 is 4.96. The van der Waals surface area contributed by atoms with Gasteiger partial charge in [-0.1, -0.05) is 23.7 Å². The van der Waals surface area contributed by atoms with Crippen LogP contribution in [0.4, 0.5) is 5.69 Å². The summed E-state index contributed by atoms with van der Waals surface area (Å²) in [5, 5.41) is 5.56. The number of furan rings is 1. The molecule has 8 heteroatoms. The second kappa shape index (κ2) is 8.34. The number of halogens is 1. The summed E-state index contributed by atoms with van der Waals surface area (Å²) in [4.78, 5) is 37.4. The van der Waals surface area contributed by atoms with Crippen LogP contribution in [0.2, 0.25) is 5.02 Å². The second-order valence-corrected chi connectivity index (χ2v) is 5.80. The number of hydrogen-bond donors (Lipinski definition) is 2. The molecule has 2 N–H and O–H groups in total. The fourth-order valence-electron chi connectivity index (χ4n) is 2.11. The van der Waals surface area contributed by atoms with Gasteiger partial charge in [-0.15, -0.1) is 0 Å².